The first kappa shape index (κ1) is 14.0. The lowest BCUT2D eigenvalue weighted by molar-refractivity contribution is -0.385. The van der Waals surface area contributed by atoms with E-state index in [-0.39, 0.29) is 11.4 Å². The Morgan fingerprint density at radius 1 is 1.30 bits per heavy atom. The van der Waals surface area contributed by atoms with Gasteiger partial charge in [-0.25, -0.2) is 4.68 Å². The van der Waals surface area contributed by atoms with Gasteiger partial charge in [0.25, 0.3) is 0 Å². The number of nitrogens with zero attached hydrogens (tertiary/aromatic N) is 3. The van der Waals surface area contributed by atoms with Crippen molar-refractivity contribution in [3.05, 3.63) is 45.8 Å². The van der Waals surface area contributed by atoms with Crippen molar-refractivity contribution in [3.8, 4) is 11.4 Å². The van der Waals surface area contributed by atoms with Crippen molar-refractivity contribution >= 4 is 5.69 Å². The fourth-order valence-electron chi connectivity index (χ4n) is 2.07. The second-order valence-corrected chi connectivity index (χ2v) is 4.36. The largest absolute Gasteiger partial charge is 0.490 e. The lowest BCUT2D eigenvalue weighted by Gasteiger charge is -2.08. The number of aryl methyl sites for hydroxylation is 2. The fourth-order valence-corrected chi connectivity index (χ4v) is 2.07. The Balaban J connectivity index is 2.53. The molecule has 0 atom stereocenters. The molecule has 2 aromatic rings. The minimum atomic E-state index is -0.454. The van der Waals surface area contributed by atoms with Crippen LogP contribution < -0.4 is 4.74 Å². The minimum absolute atomic E-state index is 0.0443. The van der Waals surface area contributed by atoms with Crippen LogP contribution in [-0.2, 0) is 12.8 Å². The van der Waals surface area contributed by atoms with Gasteiger partial charge >= 0.3 is 5.69 Å². The van der Waals surface area contributed by atoms with E-state index in [2.05, 4.69) is 12.0 Å². The average molecular weight is 275 g/mol. The van der Waals surface area contributed by atoms with E-state index in [1.165, 1.54) is 13.2 Å². The van der Waals surface area contributed by atoms with E-state index in [1.807, 2.05) is 17.7 Å². The van der Waals surface area contributed by atoms with Gasteiger partial charge in [-0.1, -0.05) is 13.8 Å². The third kappa shape index (κ3) is 2.49. The molecule has 0 radical (unpaired) electrons. The van der Waals surface area contributed by atoms with Crippen LogP contribution in [0.2, 0.25) is 0 Å². The molecule has 20 heavy (non-hydrogen) atoms. The highest BCUT2D eigenvalue weighted by Crippen LogP contribution is 2.29. The maximum atomic E-state index is 10.9. The molecule has 0 aliphatic carbocycles. The monoisotopic (exact) mass is 275 g/mol. The summed E-state index contributed by atoms with van der Waals surface area (Å²) in [5.74, 6) is 0.239. The van der Waals surface area contributed by atoms with Crippen molar-refractivity contribution in [3.63, 3.8) is 0 Å². The van der Waals surface area contributed by atoms with Gasteiger partial charge in [-0.2, -0.15) is 5.10 Å². The first-order valence-corrected chi connectivity index (χ1v) is 6.51. The van der Waals surface area contributed by atoms with Crippen molar-refractivity contribution in [2.45, 2.75) is 26.7 Å². The van der Waals surface area contributed by atoms with E-state index in [9.17, 15) is 10.1 Å². The standard InChI is InChI=1S/C14H17N3O3/c1-4-10-8-11(5-2)16(15-10)12-6-7-13(17(18)19)14(9-12)20-3/h6-9H,4-5H2,1-3H3. The van der Waals surface area contributed by atoms with Gasteiger partial charge < -0.3 is 4.74 Å². The van der Waals surface area contributed by atoms with Crippen molar-refractivity contribution in [2.75, 3.05) is 7.11 Å². The molecule has 0 saturated heterocycles. The summed E-state index contributed by atoms with van der Waals surface area (Å²) in [6.07, 6.45) is 1.69. The molecule has 1 aromatic heterocycles. The number of methoxy groups -OCH3 is 1. The zero-order valence-electron chi connectivity index (χ0n) is 11.8. The summed E-state index contributed by atoms with van der Waals surface area (Å²) in [6, 6.07) is 6.82. The Kier molecular flexibility index (Phi) is 4.02. The highest BCUT2D eigenvalue weighted by Gasteiger charge is 2.16. The van der Waals surface area contributed by atoms with Gasteiger partial charge in [-0.05, 0) is 25.0 Å². The molecule has 0 spiro atoms. The molecule has 0 aliphatic rings. The van der Waals surface area contributed by atoms with Crippen LogP contribution in [0.4, 0.5) is 5.69 Å². The summed E-state index contributed by atoms with van der Waals surface area (Å²) >= 11 is 0. The molecular weight excluding hydrogens is 258 g/mol. The number of hydrogen-bond acceptors (Lipinski definition) is 4. The van der Waals surface area contributed by atoms with Crippen molar-refractivity contribution in [2.24, 2.45) is 0 Å². The Morgan fingerprint density at radius 2 is 2.05 bits per heavy atom. The predicted octanol–water partition coefficient (Wildman–Crippen LogP) is 2.91. The molecule has 2 rings (SSSR count). The van der Waals surface area contributed by atoms with E-state index in [1.54, 1.807) is 12.1 Å². The zero-order valence-corrected chi connectivity index (χ0v) is 11.8. The van der Waals surface area contributed by atoms with Gasteiger partial charge in [0.15, 0.2) is 5.75 Å². The average Bonchev–Trinajstić information content (AvgIpc) is 2.89. The van der Waals surface area contributed by atoms with Crippen LogP contribution in [0, 0.1) is 10.1 Å². The topological polar surface area (TPSA) is 70.2 Å². The lowest BCUT2D eigenvalue weighted by Crippen LogP contribution is -2.03. The maximum absolute atomic E-state index is 10.9. The third-order valence-electron chi connectivity index (χ3n) is 3.16. The van der Waals surface area contributed by atoms with Crippen molar-refractivity contribution in [1.29, 1.82) is 0 Å². The van der Waals surface area contributed by atoms with Crippen LogP contribution in [-0.4, -0.2) is 21.8 Å². The van der Waals surface area contributed by atoms with Crippen LogP contribution in [0.25, 0.3) is 5.69 Å². The van der Waals surface area contributed by atoms with Gasteiger partial charge in [0.1, 0.15) is 0 Å². The third-order valence-corrected chi connectivity index (χ3v) is 3.16. The van der Waals surface area contributed by atoms with Gasteiger partial charge in [0.05, 0.1) is 23.4 Å². The molecule has 6 nitrogen and oxygen atoms in total. The highest BCUT2D eigenvalue weighted by molar-refractivity contribution is 5.53. The molecule has 6 heteroatoms. The quantitative estimate of drug-likeness (QED) is 0.621. The molecule has 0 fully saturated rings. The summed E-state index contributed by atoms with van der Waals surface area (Å²) < 4.78 is 6.90. The van der Waals surface area contributed by atoms with Crippen LogP contribution in [0.3, 0.4) is 0 Å². The summed E-state index contributed by atoms with van der Waals surface area (Å²) in [6.45, 7) is 4.10. The first-order valence-electron chi connectivity index (χ1n) is 6.51. The highest BCUT2D eigenvalue weighted by atomic mass is 16.6. The Bertz CT molecular complexity index is 635. The molecule has 0 bridgehead atoms. The van der Waals surface area contributed by atoms with E-state index < -0.39 is 4.92 Å². The van der Waals surface area contributed by atoms with Crippen LogP contribution in [0.5, 0.6) is 5.75 Å². The molecule has 0 unspecified atom stereocenters. The molecule has 1 heterocycles. The summed E-state index contributed by atoms with van der Waals surface area (Å²) in [5, 5.41) is 15.4. The SMILES string of the molecule is CCc1cc(CC)n(-c2ccc([N+](=O)[O-])c(OC)c2)n1. The molecule has 0 saturated carbocycles. The van der Waals surface area contributed by atoms with Crippen LogP contribution in [0.15, 0.2) is 24.3 Å². The number of aromatic nitrogens is 2. The Morgan fingerprint density at radius 3 is 2.60 bits per heavy atom. The number of rotatable bonds is 5. The Labute approximate surface area is 117 Å². The number of nitro benzene ring substituents is 1. The number of benzene rings is 1. The predicted molar refractivity (Wildman–Crippen MR) is 75.5 cm³/mol. The van der Waals surface area contributed by atoms with Gasteiger partial charge in [-0.15, -0.1) is 0 Å². The van der Waals surface area contributed by atoms with E-state index in [0.29, 0.717) is 0 Å². The molecule has 0 N–H and O–H groups in total. The zero-order chi connectivity index (χ0) is 14.7. The lowest BCUT2D eigenvalue weighted by atomic mass is 10.2. The molecular formula is C14H17N3O3. The van der Waals surface area contributed by atoms with Gasteiger partial charge in [-0.3, -0.25) is 10.1 Å². The molecule has 1 aromatic carbocycles. The second kappa shape index (κ2) is 5.73. The van der Waals surface area contributed by atoms with Crippen LogP contribution >= 0.6 is 0 Å². The maximum Gasteiger partial charge on any atom is 0.311 e. The molecule has 0 amide bonds. The van der Waals surface area contributed by atoms with Crippen LogP contribution in [0.1, 0.15) is 25.2 Å². The second-order valence-electron chi connectivity index (χ2n) is 4.36. The number of nitro groups is 1. The molecule has 106 valence electrons. The van der Waals surface area contributed by atoms with Crippen molar-refractivity contribution in [1.82, 2.24) is 9.78 Å². The van der Waals surface area contributed by atoms with E-state index in [4.69, 9.17) is 4.74 Å². The van der Waals surface area contributed by atoms with E-state index >= 15 is 0 Å². The summed E-state index contributed by atoms with van der Waals surface area (Å²) in [7, 11) is 1.42. The minimum Gasteiger partial charge on any atom is -0.490 e. The summed E-state index contributed by atoms with van der Waals surface area (Å²) in [4.78, 5) is 10.5. The number of hydrogen-bond donors (Lipinski definition) is 0. The Hall–Kier alpha value is -2.37. The molecule has 0 aliphatic heterocycles. The fraction of sp³-hybridized carbons (Fsp3) is 0.357. The number of ether oxygens (including phenoxy) is 1. The summed E-state index contributed by atoms with van der Waals surface area (Å²) in [5.41, 5.74) is 2.79. The van der Waals surface area contributed by atoms with Crippen molar-refractivity contribution < 1.29 is 9.66 Å². The van der Waals surface area contributed by atoms with Gasteiger partial charge in [0, 0.05) is 17.8 Å². The first-order chi connectivity index (χ1) is 9.60. The smallest absolute Gasteiger partial charge is 0.311 e. The van der Waals surface area contributed by atoms with E-state index in [0.717, 1.165) is 29.9 Å². The normalized spacial score (nSPS) is 10.6. The van der Waals surface area contributed by atoms with Gasteiger partial charge in [0.2, 0.25) is 0 Å².